The highest BCUT2D eigenvalue weighted by atomic mass is 35.5. The highest BCUT2D eigenvalue weighted by molar-refractivity contribution is 7.92. The standard InChI is InChI=1S/C34H33Cl4N3O4S/c1-34(2,3)39-33(43)31(17-23-11-6-4-7-12-23)40(21-28-29(37)15-10-16-30(28)38)32(42)22-41(26-19-24(35)18-25(36)20-26)46(44,45)27-13-8-5-9-14-27/h4-16,18-20,31H,17,21-22H2,1-3H3,(H,39,43)/t31-/m1/s1. The molecule has 46 heavy (non-hydrogen) atoms. The van der Waals surface area contributed by atoms with Crippen molar-refractivity contribution in [1.29, 1.82) is 0 Å². The Morgan fingerprint density at radius 3 is 1.87 bits per heavy atom. The minimum Gasteiger partial charge on any atom is -0.350 e. The smallest absolute Gasteiger partial charge is 0.264 e. The number of anilines is 1. The van der Waals surface area contributed by atoms with Crippen molar-refractivity contribution < 1.29 is 18.0 Å². The van der Waals surface area contributed by atoms with E-state index in [2.05, 4.69) is 5.32 Å². The van der Waals surface area contributed by atoms with Gasteiger partial charge in [0, 0.05) is 44.2 Å². The fourth-order valence-corrected chi connectivity index (χ4v) is 7.24. The number of amides is 2. The van der Waals surface area contributed by atoms with E-state index in [4.69, 9.17) is 46.4 Å². The van der Waals surface area contributed by atoms with Crippen LogP contribution in [0.25, 0.3) is 0 Å². The number of hydrogen-bond acceptors (Lipinski definition) is 4. The first-order valence-electron chi connectivity index (χ1n) is 14.3. The van der Waals surface area contributed by atoms with Gasteiger partial charge in [0.15, 0.2) is 0 Å². The van der Waals surface area contributed by atoms with E-state index in [0.717, 1.165) is 9.87 Å². The van der Waals surface area contributed by atoms with Gasteiger partial charge in [-0.3, -0.25) is 13.9 Å². The van der Waals surface area contributed by atoms with Crippen molar-refractivity contribution in [3.05, 3.63) is 128 Å². The molecular weight excluding hydrogens is 688 g/mol. The third-order valence-electron chi connectivity index (χ3n) is 6.90. The molecule has 0 aliphatic rings. The zero-order valence-corrected chi connectivity index (χ0v) is 29.2. The molecule has 0 heterocycles. The second-order valence-corrected chi connectivity index (χ2v) is 15.2. The van der Waals surface area contributed by atoms with Gasteiger partial charge in [-0.1, -0.05) is 101 Å². The lowest BCUT2D eigenvalue weighted by Crippen LogP contribution is -2.56. The summed E-state index contributed by atoms with van der Waals surface area (Å²) in [5, 5.41) is 3.91. The number of nitrogens with one attached hydrogen (secondary N) is 1. The van der Waals surface area contributed by atoms with Gasteiger partial charge in [0.1, 0.15) is 12.6 Å². The summed E-state index contributed by atoms with van der Waals surface area (Å²) in [6.45, 7) is 4.63. The average molecular weight is 722 g/mol. The molecule has 0 saturated heterocycles. The van der Waals surface area contributed by atoms with Crippen molar-refractivity contribution in [2.24, 2.45) is 0 Å². The summed E-state index contributed by atoms with van der Waals surface area (Å²) in [5.74, 6) is -1.12. The number of carbonyl (C=O) groups excluding carboxylic acids is 2. The van der Waals surface area contributed by atoms with Crippen molar-refractivity contribution in [3.8, 4) is 0 Å². The number of halogens is 4. The quantitative estimate of drug-likeness (QED) is 0.170. The summed E-state index contributed by atoms with van der Waals surface area (Å²) in [5.41, 5.74) is 0.631. The van der Waals surface area contributed by atoms with E-state index in [1.54, 1.807) is 36.4 Å². The monoisotopic (exact) mass is 719 g/mol. The highest BCUT2D eigenvalue weighted by Gasteiger charge is 2.36. The summed E-state index contributed by atoms with van der Waals surface area (Å²) in [6, 6.07) is 25.0. The molecule has 0 aliphatic heterocycles. The summed E-state index contributed by atoms with van der Waals surface area (Å²) >= 11 is 25.7. The van der Waals surface area contributed by atoms with Crippen molar-refractivity contribution in [2.45, 2.75) is 50.2 Å². The molecule has 0 aromatic heterocycles. The van der Waals surface area contributed by atoms with E-state index < -0.39 is 40.0 Å². The van der Waals surface area contributed by atoms with Crippen molar-refractivity contribution in [2.75, 3.05) is 10.8 Å². The van der Waals surface area contributed by atoms with Gasteiger partial charge in [-0.25, -0.2) is 8.42 Å². The van der Waals surface area contributed by atoms with E-state index in [9.17, 15) is 18.0 Å². The van der Waals surface area contributed by atoms with Crippen LogP contribution < -0.4 is 9.62 Å². The zero-order chi connectivity index (χ0) is 33.6. The molecule has 4 aromatic carbocycles. The lowest BCUT2D eigenvalue weighted by Gasteiger charge is -2.35. The molecule has 12 heteroatoms. The SMILES string of the molecule is CC(C)(C)NC(=O)[C@@H](Cc1ccccc1)N(Cc1c(Cl)cccc1Cl)C(=O)CN(c1cc(Cl)cc(Cl)c1)S(=O)(=O)c1ccccc1. The Kier molecular flexibility index (Phi) is 11.7. The predicted molar refractivity (Wildman–Crippen MR) is 186 cm³/mol. The molecule has 0 bridgehead atoms. The van der Waals surface area contributed by atoms with Gasteiger partial charge in [0.2, 0.25) is 11.8 Å². The van der Waals surface area contributed by atoms with Crippen LogP contribution in [-0.4, -0.2) is 43.3 Å². The first kappa shape index (κ1) is 35.6. The molecule has 4 aromatic rings. The lowest BCUT2D eigenvalue weighted by atomic mass is 10.0. The zero-order valence-electron chi connectivity index (χ0n) is 25.4. The summed E-state index contributed by atoms with van der Waals surface area (Å²) in [7, 11) is -4.32. The third kappa shape index (κ3) is 9.17. The molecule has 2 amide bonds. The van der Waals surface area contributed by atoms with Gasteiger partial charge < -0.3 is 10.2 Å². The van der Waals surface area contributed by atoms with Crippen LogP contribution in [0.15, 0.2) is 102 Å². The lowest BCUT2D eigenvalue weighted by molar-refractivity contribution is -0.140. The molecule has 0 radical (unpaired) electrons. The molecule has 4 rings (SSSR count). The van der Waals surface area contributed by atoms with Crippen LogP contribution in [0, 0.1) is 0 Å². The Labute approximate surface area is 290 Å². The fourth-order valence-electron chi connectivity index (χ4n) is 4.79. The highest BCUT2D eigenvalue weighted by Crippen LogP contribution is 2.31. The van der Waals surface area contributed by atoms with Crippen LogP contribution in [0.5, 0.6) is 0 Å². The maximum Gasteiger partial charge on any atom is 0.264 e. The normalized spacial score (nSPS) is 12.3. The number of hydrogen-bond donors (Lipinski definition) is 1. The number of carbonyl (C=O) groups is 2. The molecule has 0 unspecified atom stereocenters. The molecule has 1 atom stereocenters. The summed E-state index contributed by atoms with van der Waals surface area (Å²) < 4.78 is 29.2. The second-order valence-electron chi connectivity index (χ2n) is 11.6. The predicted octanol–water partition coefficient (Wildman–Crippen LogP) is 8.05. The molecule has 7 nitrogen and oxygen atoms in total. The van der Waals surface area contributed by atoms with Gasteiger partial charge >= 0.3 is 0 Å². The third-order valence-corrected chi connectivity index (χ3v) is 9.84. The summed E-state index contributed by atoms with van der Waals surface area (Å²) in [6.07, 6.45) is 0.130. The van der Waals surface area contributed by atoms with Crippen LogP contribution in [0.3, 0.4) is 0 Å². The van der Waals surface area contributed by atoms with E-state index in [-0.39, 0.29) is 43.6 Å². The minimum atomic E-state index is -4.32. The van der Waals surface area contributed by atoms with Gasteiger partial charge in [0.25, 0.3) is 10.0 Å². The Bertz CT molecular complexity index is 1760. The van der Waals surface area contributed by atoms with Crippen LogP contribution >= 0.6 is 46.4 Å². The Morgan fingerprint density at radius 1 is 0.783 bits per heavy atom. The van der Waals surface area contributed by atoms with Gasteiger partial charge in [-0.15, -0.1) is 0 Å². The molecular formula is C34H33Cl4N3O4S. The van der Waals surface area contributed by atoms with Crippen LogP contribution in [0.1, 0.15) is 31.9 Å². The van der Waals surface area contributed by atoms with Crippen molar-refractivity contribution >= 4 is 73.9 Å². The Hall–Kier alpha value is -3.27. The van der Waals surface area contributed by atoms with Gasteiger partial charge in [0.05, 0.1) is 10.6 Å². The Morgan fingerprint density at radius 2 is 1.33 bits per heavy atom. The van der Waals surface area contributed by atoms with Crippen LogP contribution in [0.2, 0.25) is 20.1 Å². The molecule has 0 saturated carbocycles. The van der Waals surface area contributed by atoms with Crippen LogP contribution in [0.4, 0.5) is 5.69 Å². The molecule has 0 spiro atoms. The Balaban J connectivity index is 1.87. The first-order valence-corrected chi connectivity index (χ1v) is 17.2. The molecule has 242 valence electrons. The molecule has 0 fully saturated rings. The summed E-state index contributed by atoms with van der Waals surface area (Å²) in [4.78, 5) is 29.9. The number of rotatable bonds is 11. The maximum absolute atomic E-state index is 14.6. The van der Waals surface area contributed by atoms with Crippen LogP contribution in [-0.2, 0) is 32.6 Å². The topological polar surface area (TPSA) is 86.8 Å². The van der Waals surface area contributed by atoms with E-state index in [1.165, 1.54) is 35.2 Å². The fraction of sp³-hybridized carbons (Fsp3) is 0.235. The van der Waals surface area contributed by atoms with Crippen molar-refractivity contribution in [1.82, 2.24) is 10.2 Å². The number of nitrogens with zero attached hydrogens (tertiary/aromatic N) is 2. The second kappa shape index (κ2) is 15.1. The minimum absolute atomic E-state index is 0.0501. The first-order chi connectivity index (χ1) is 21.7. The van der Waals surface area contributed by atoms with Gasteiger partial charge in [-0.05, 0) is 68.8 Å². The van der Waals surface area contributed by atoms with Crippen molar-refractivity contribution in [3.63, 3.8) is 0 Å². The average Bonchev–Trinajstić information content (AvgIpc) is 2.98. The largest absolute Gasteiger partial charge is 0.350 e. The molecule has 1 N–H and O–H groups in total. The van der Waals surface area contributed by atoms with Gasteiger partial charge in [-0.2, -0.15) is 0 Å². The van der Waals surface area contributed by atoms with E-state index in [0.29, 0.717) is 5.56 Å². The number of benzene rings is 4. The molecule has 0 aliphatic carbocycles. The van der Waals surface area contributed by atoms with E-state index in [1.807, 2.05) is 51.1 Å². The number of sulfonamides is 1. The maximum atomic E-state index is 14.6. The van der Waals surface area contributed by atoms with E-state index >= 15 is 0 Å².